The Kier molecular flexibility index (Phi) is 4.17. The van der Waals surface area contributed by atoms with Crippen LogP contribution in [0.5, 0.6) is 0 Å². The van der Waals surface area contributed by atoms with Gasteiger partial charge < -0.3 is 14.3 Å². The zero-order valence-corrected chi connectivity index (χ0v) is 9.67. The van der Waals surface area contributed by atoms with Crippen LogP contribution in [-0.4, -0.2) is 41.8 Å². The van der Waals surface area contributed by atoms with E-state index in [-0.39, 0.29) is 12.7 Å². The lowest BCUT2D eigenvalue weighted by Crippen LogP contribution is -2.37. The number of carboxylic acids is 1. The average molecular weight is 239 g/mol. The molecule has 0 aromatic carbocycles. The molecule has 0 spiro atoms. The maximum absolute atomic E-state index is 10.4. The lowest BCUT2D eigenvalue weighted by molar-refractivity contribution is -0.145. The normalized spacial score (nSPS) is 18.4. The first-order valence-corrected chi connectivity index (χ1v) is 5.82. The van der Waals surface area contributed by atoms with Crippen molar-refractivity contribution >= 4 is 5.97 Å². The third-order valence-electron chi connectivity index (χ3n) is 2.94. The number of rotatable bonds is 5. The summed E-state index contributed by atoms with van der Waals surface area (Å²) in [6.07, 6.45) is 3.53. The minimum Gasteiger partial charge on any atom is -0.480 e. The number of carbonyl (C=O) groups is 1. The molecule has 1 N–H and O–H groups in total. The van der Waals surface area contributed by atoms with Gasteiger partial charge in [-0.25, -0.2) is 4.79 Å². The Morgan fingerprint density at radius 1 is 1.53 bits per heavy atom. The van der Waals surface area contributed by atoms with E-state index < -0.39 is 5.97 Å². The van der Waals surface area contributed by atoms with Crippen molar-refractivity contribution in [2.75, 3.05) is 19.7 Å². The molecule has 5 heteroatoms. The van der Waals surface area contributed by atoms with Gasteiger partial charge in [-0.2, -0.15) is 0 Å². The molecule has 94 valence electrons. The van der Waals surface area contributed by atoms with E-state index in [1.54, 1.807) is 6.26 Å². The van der Waals surface area contributed by atoms with Gasteiger partial charge in [0.15, 0.2) is 0 Å². The second-order valence-electron chi connectivity index (χ2n) is 4.26. The maximum atomic E-state index is 10.4. The molecule has 0 bridgehead atoms. The van der Waals surface area contributed by atoms with E-state index in [4.69, 9.17) is 14.3 Å². The van der Waals surface area contributed by atoms with Gasteiger partial charge in [-0.05, 0) is 25.0 Å². The molecule has 0 unspecified atom stereocenters. The molecule has 1 fully saturated rings. The average Bonchev–Trinajstić information content (AvgIpc) is 2.81. The van der Waals surface area contributed by atoms with Gasteiger partial charge in [0, 0.05) is 13.1 Å². The maximum Gasteiger partial charge on any atom is 0.329 e. The Hall–Kier alpha value is -1.33. The zero-order valence-electron chi connectivity index (χ0n) is 9.67. The van der Waals surface area contributed by atoms with Crippen molar-refractivity contribution in [1.82, 2.24) is 4.90 Å². The summed E-state index contributed by atoms with van der Waals surface area (Å²) in [5.41, 5.74) is 0. The molecule has 1 aliphatic heterocycles. The van der Waals surface area contributed by atoms with Gasteiger partial charge in [0.1, 0.15) is 12.4 Å². The van der Waals surface area contributed by atoms with Crippen LogP contribution in [0.1, 0.15) is 18.6 Å². The fraction of sp³-hybridized carbons (Fsp3) is 0.583. The third-order valence-corrected chi connectivity index (χ3v) is 2.94. The molecule has 2 heterocycles. The molecule has 1 saturated heterocycles. The number of piperidine rings is 1. The number of nitrogens with zero attached hydrogens (tertiary/aromatic N) is 1. The number of carboxylic acid groups (broad SMARTS) is 1. The number of aliphatic carboxylic acids is 1. The Bertz CT molecular complexity index is 341. The van der Waals surface area contributed by atoms with Crippen molar-refractivity contribution in [3.63, 3.8) is 0 Å². The Morgan fingerprint density at radius 2 is 2.29 bits per heavy atom. The van der Waals surface area contributed by atoms with Gasteiger partial charge >= 0.3 is 5.97 Å². The zero-order chi connectivity index (χ0) is 12.1. The van der Waals surface area contributed by atoms with Gasteiger partial charge in [0.05, 0.1) is 18.9 Å². The Labute approximate surface area is 100.0 Å². The molecular formula is C12H17NO4. The monoisotopic (exact) mass is 239 g/mol. The van der Waals surface area contributed by atoms with E-state index in [0.29, 0.717) is 0 Å². The molecule has 0 aliphatic carbocycles. The molecule has 5 nitrogen and oxygen atoms in total. The first-order valence-electron chi connectivity index (χ1n) is 5.82. The minimum absolute atomic E-state index is 0.0824. The Morgan fingerprint density at radius 3 is 2.88 bits per heavy atom. The summed E-state index contributed by atoms with van der Waals surface area (Å²) in [5, 5.41) is 8.52. The van der Waals surface area contributed by atoms with Crippen molar-refractivity contribution in [2.24, 2.45) is 0 Å². The van der Waals surface area contributed by atoms with Crippen molar-refractivity contribution in [3.8, 4) is 0 Å². The molecule has 17 heavy (non-hydrogen) atoms. The van der Waals surface area contributed by atoms with Crippen LogP contribution in [0.15, 0.2) is 22.8 Å². The minimum atomic E-state index is -0.900. The highest BCUT2D eigenvalue weighted by Crippen LogP contribution is 2.16. The van der Waals surface area contributed by atoms with Gasteiger partial charge in [-0.3, -0.25) is 4.90 Å². The number of likely N-dealkylation sites (tertiary alicyclic amines) is 1. The first-order chi connectivity index (χ1) is 8.24. The van der Waals surface area contributed by atoms with E-state index in [0.717, 1.165) is 38.2 Å². The van der Waals surface area contributed by atoms with Crippen LogP contribution < -0.4 is 0 Å². The van der Waals surface area contributed by atoms with Crippen LogP contribution in [0.25, 0.3) is 0 Å². The molecule has 0 atom stereocenters. The second kappa shape index (κ2) is 5.84. The first kappa shape index (κ1) is 12.1. The fourth-order valence-corrected chi connectivity index (χ4v) is 2.05. The highest BCUT2D eigenvalue weighted by Gasteiger charge is 2.20. The second-order valence-corrected chi connectivity index (χ2v) is 4.26. The molecule has 2 rings (SSSR count). The predicted octanol–water partition coefficient (Wildman–Crippen LogP) is 1.35. The molecule has 0 amide bonds. The number of furan rings is 1. The summed E-state index contributed by atoms with van der Waals surface area (Å²) in [4.78, 5) is 12.7. The Balaban J connectivity index is 1.69. The molecule has 1 aliphatic rings. The van der Waals surface area contributed by atoms with E-state index in [9.17, 15) is 4.79 Å². The quantitative estimate of drug-likeness (QED) is 0.840. The van der Waals surface area contributed by atoms with Gasteiger partial charge in [-0.15, -0.1) is 0 Å². The lowest BCUT2D eigenvalue weighted by Gasteiger charge is -2.30. The molecule has 1 aromatic rings. The standard InChI is InChI=1S/C12H17NO4/c14-12(15)9-17-10-3-5-13(6-4-10)8-11-2-1-7-16-11/h1-2,7,10H,3-6,8-9H2,(H,14,15). The number of hydrogen-bond donors (Lipinski definition) is 1. The topological polar surface area (TPSA) is 62.9 Å². The van der Waals surface area contributed by atoms with Gasteiger partial charge in [0.25, 0.3) is 0 Å². The van der Waals surface area contributed by atoms with Crippen LogP contribution >= 0.6 is 0 Å². The van der Waals surface area contributed by atoms with E-state index in [1.807, 2.05) is 12.1 Å². The van der Waals surface area contributed by atoms with Crippen LogP contribution in [-0.2, 0) is 16.1 Å². The summed E-state index contributed by atoms with van der Waals surface area (Å²) in [6.45, 7) is 2.47. The lowest BCUT2D eigenvalue weighted by atomic mass is 10.1. The third kappa shape index (κ3) is 3.87. The van der Waals surface area contributed by atoms with E-state index >= 15 is 0 Å². The number of ether oxygens (including phenoxy) is 1. The molecule has 0 saturated carbocycles. The summed E-state index contributed by atoms with van der Waals surface area (Å²) in [5.74, 6) is 0.0675. The van der Waals surface area contributed by atoms with Crippen LogP contribution in [0.3, 0.4) is 0 Å². The van der Waals surface area contributed by atoms with Crippen LogP contribution in [0.2, 0.25) is 0 Å². The van der Waals surface area contributed by atoms with Crippen molar-refractivity contribution < 1.29 is 19.1 Å². The highest BCUT2D eigenvalue weighted by atomic mass is 16.5. The fourth-order valence-electron chi connectivity index (χ4n) is 2.05. The summed E-state index contributed by atoms with van der Waals surface area (Å²) in [6, 6.07) is 3.85. The predicted molar refractivity (Wildman–Crippen MR) is 60.6 cm³/mol. The molecule has 1 aromatic heterocycles. The van der Waals surface area contributed by atoms with Crippen molar-refractivity contribution in [1.29, 1.82) is 0 Å². The smallest absolute Gasteiger partial charge is 0.329 e. The van der Waals surface area contributed by atoms with Gasteiger partial charge in [0.2, 0.25) is 0 Å². The largest absolute Gasteiger partial charge is 0.480 e. The van der Waals surface area contributed by atoms with E-state index in [2.05, 4.69) is 4.90 Å². The van der Waals surface area contributed by atoms with E-state index in [1.165, 1.54) is 0 Å². The summed E-state index contributed by atoms with van der Waals surface area (Å²) in [7, 11) is 0. The van der Waals surface area contributed by atoms with Crippen LogP contribution in [0.4, 0.5) is 0 Å². The van der Waals surface area contributed by atoms with Gasteiger partial charge in [-0.1, -0.05) is 0 Å². The SMILES string of the molecule is O=C(O)COC1CCN(Cc2ccco2)CC1. The van der Waals surface area contributed by atoms with Crippen LogP contribution in [0, 0.1) is 0 Å². The van der Waals surface area contributed by atoms with Crippen molar-refractivity contribution in [2.45, 2.75) is 25.5 Å². The highest BCUT2D eigenvalue weighted by molar-refractivity contribution is 5.68. The summed E-state index contributed by atoms with van der Waals surface area (Å²) < 4.78 is 10.6. The number of hydrogen-bond acceptors (Lipinski definition) is 4. The summed E-state index contributed by atoms with van der Waals surface area (Å²) >= 11 is 0. The molecular weight excluding hydrogens is 222 g/mol. The molecule has 0 radical (unpaired) electrons. The van der Waals surface area contributed by atoms with Crippen molar-refractivity contribution in [3.05, 3.63) is 24.2 Å².